The molecule has 0 unspecified atom stereocenters. The van der Waals surface area contributed by atoms with Gasteiger partial charge in [0.2, 0.25) is 11.8 Å². The lowest BCUT2D eigenvalue weighted by Gasteiger charge is -2.23. The Balaban J connectivity index is 2.01. The van der Waals surface area contributed by atoms with Crippen LogP contribution in [0.2, 0.25) is 5.02 Å². The molecule has 0 aliphatic heterocycles. The Labute approximate surface area is 152 Å². The van der Waals surface area contributed by atoms with Gasteiger partial charge in [0.1, 0.15) is 5.75 Å². The lowest BCUT2D eigenvalue weighted by Crippen LogP contribution is -2.32. The van der Waals surface area contributed by atoms with Crippen LogP contribution in [0.4, 0.5) is 11.4 Å². The van der Waals surface area contributed by atoms with Crippen LogP contribution >= 0.6 is 11.6 Å². The minimum absolute atomic E-state index is 0.136. The van der Waals surface area contributed by atoms with Crippen molar-refractivity contribution in [1.29, 1.82) is 0 Å². The van der Waals surface area contributed by atoms with Crippen molar-refractivity contribution in [3.63, 3.8) is 0 Å². The summed E-state index contributed by atoms with van der Waals surface area (Å²) in [7, 11) is 1.59. The number of hydrogen-bond acceptors (Lipinski definition) is 3. The fraction of sp³-hybridized carbons (Fsp3) is 0.263. The number of nitrogens with zero attached hydrogens (tertiary/aromatic N) is 1. The average Bonchev–Trinajstić information content (AvgIpc) is 2.58. The van der Waals surface area contributed by atoms with Gasteiger partial charge >= 0.3 is 0 Å². The third kappa shape index (κ3) is 5.22. The van der Waals surface area contributed by atoms with Gasteiger partial charge in [0.15, 0.2) is 0 Å². The molecule has 0 saturated heterocycles. The number of hydrogen-bond donors (Lipinski definition) is 1. The van der Waals surface area contributed by atoms with Crippen molar-refractivity contribution in [2.45, 2.75) is 20.3 Å². The highest BCUT2D eigenvalue weighted by molar-refractivity contribution is 6.31. The molecule has 0 radical (unpaired) electrons. The molecule has 132 valence electrons. The predicted octanol–water partition coefficient (Wildman–Crippen LogP) is 4.04. The number of anilines is 2. The summed E-state index contributed by atoms with van der Waals surface area (Å²) in [5, 5.41) is 3.36. The van der Waals surface area contributed by atoms with Crippen LogP contribution in [-0.2, 0) is 9.59 Å². The predicted molar refractivity (Wildman–Crippen MR) is 100 cm³/mol. The van der Waals surface area contributed by atoms with Gasteiger partial charge in [0.25, 0.3) is 0 Å². The number of methoxy groups -OCH3 is 1. The number of rotatable bonds is 6. The topological polar surface area (TPSA) is 58.6 Å². The van der Waals surface area contributed by atoms with Crippen LogP contribution in [0, 0.1) is 6.92 Å². The summed E-state index contributed by atoms with van der Waals surface area (Å²) in [4.78, 5) is 25.7. The van der Waals surface area contributed by atoms with Gasteiger partial charge in [-0.3, -0.25) is 9.59 Å². The van der Waals surface area contributed by atoms with E-state index in [4.69, 9.17) is 16.3 Å². The Morgan fingerprint density at radius 3 is 2.44 bits per heavy atom. The molecule has 0 aliphatic carbocycles. The largest absolute Gasteiger partial charge is 0.497 e. The zero-order valence-corrected chi connectivity index (χ0v) is 15.3. The molecular formula is C19H21ClN2O3. The molecule has 2 amide bonds. The standard InChI is InChI=1S/C19H21ClN2O3/c1-13-4-5-15(20)12-18(13)22(14(2)23)11-10-19(24)21-16-6-8-17(25-3)9-7-16/h4-9,12H,10-11H2,1-3H3,(H,21,24). The zero-order chi connectivity index (χ0) is 18.4. The van der Waals surface area contributed by atoms with Crippen molar-refractivity contribution in [1.82, 2.24) is 0 Å². The van der Waals surface area contributed by atoms with Crippen LogP contribution in [0.1, 0.15) is 18.9 Å². The molecule has 2 aromatic rings. The lowest BCUT2D eigenvalue weighted by molar-refractivity contribution is -0.117. The monoisotopic (exact) mass is 360 g/mol. The van der Waals surface area contributed by atoms with Crippen LogP contribution in [0.15, 0.2) is 42.5 Å². The van der Waals surface area contributed by atoms with E-state index in [1.54, 1.807) is 48.4 Å². The molecule has 2 aromatic carbocycles. The van der Waals surface area contributed by atoms with Crippen LogP contribution in [0.25, 0.3) is 0 Å². The molecule has 0 spiro atoms. The van der Waals surface area contributed by atoms with Gasteiger partial charge in [-0.25, -0.2) is 0 Å². The molecule has 25 heavy (non-hydrogen) atoms. The first-order chi connectivity index (χ1) is 11.9. The van der Waals surface area contributed by atoms with E-state index in [0.717, 1.165) is 17.0 Å². The number of carbonyl (C=O) groups excluding carboxylic acids is 2. The number of nitrogens with one attached hydrogen (secondary N) is 1. The number of ether oxygens (including phenoxy) is 1. The number of benzene rings is 2. The highest BCUT2D eigenvalue weighted by atomic mass is 35.5. The summed E-state index contributed by atoms with van der Waals surface area (Å²) >= 11 is 6.03. The fourth-order valence-corrected chi connectivity index (χ4v) is 2.60. The van der Waals surface area contributed by atoms with Gasteiger partial charge < -0.3 is 15.0 Å². The molecule has 0 bridgehead atoms. The summed E-state index contributed by atoms with van der Waals surface area (Å²) < 4.78 is 5.08. The molecule has 0 heterocycles. The minimum atomic E-state index is -0.170. The van der Waals surface area contributed by atoms with Crippen molar-refractivity contribution in [2.75, 3.05) is 23.9 Å². The number of amides is 2. The molecule has 2 rings (SSSR count). The smallest absolute Gasteiger partial charge is 0.226 e. The van der Waals surface area contributed by atoms with E-state index < -0.39 is 0 Å². The van der Waals surface area contributed by atoms with Crippen LogP contribution < -0.4 is 15.0 Å². The Morgan fingerprint density at radius 2 is 1.84 bits per heavy atom. The van der Waals surface area contributed by atoms with Crippen LogP contribution in [0.3, 0.4) is 0 Å². The van der Waals surface area contributed by atoms with Gasteiger partial charge in [0, 0.05) is 36.3 Å². The van der Waals surface area contributed by atoms with Gasteiger partial charge in [-0.05, 0) is 48.9 Å². The number of carbonyl (C=O) groups is 2. The van der Waals surface area contributed by atoms with E-state index in [9.17, 15) is 9.59 Å². The van der Waals surface area contributed by atoms with Crippen LogP contribution in [0.5, 0.6) is 5.75 Å². The molecule has 0 atom stereocenters. The van der Waals surface area contributed by atoms with Crippen molar-refractivity contribution in [3.05, 3.63) is 53.1 Å². The molecule has 0 aromatic heterocycles. The first-order valence-electron chi connectivity index (χ1n) is 7.89. The van der Waals surface area contributed by atoms with Crippen molar-refractivity contribution in [3.8, 4) is 5.75 Å². The first-order valence-corrected chi connectivity index (χ1v) is 8.26. The summed E-state index contributed by atoms with van der Waals surface area (Å²) in [6.45, 7) is 3.65. The van der Waals surface area contributed by atoms with Gasteiger partial charge in [0.05, 0.1) is 7.11 Å². The van der Waals surface area contributed by atoms with E-state index in [0.29, 0.717) is 10.7 Å². The van der Waals surface area contributed by atoms with Crippen molar-refractivity contribution in [2.24, 2.45) is 0 Å². The SMILES string of the molecule is COc1ccc(NC(=O)CCN(C(C)=O)c2cc(Cl)ccc2C)cc1. The fourth-order valence-electron chi connectivity index (χ4n) is 2.43. The maximum absolute atomic E-state index is 12.2. The van der Waals surface area contributed by atoms with Gasteiger partial charge in [-0.2, -0.15) is 0 Å². The Bertz CT molecular complexity index is 760. The Kier molecular flexibility index (Phi) is 6.42. The molecule has 0 saturated carbocycles. The Hall–Kier alpha value is -2.53. The summed E-state index contributed by atoms with van der Waals surface area (Å²) in [5.74, 6) is 0.413. The molecule has 6 heteroatoms. The minimum Gasteiger partial charge on any atom is -0.497 e. The maximum atomic E-state index is 12.2. The average molecular weight is 361 g/mol. The van der Waals surface area contributed by atoms with E-state index in [2.05, 4.69) is 5.32 Å². The normalized spacial score (nSPS) is 10.2. The van der Waals surface area contributed by atoms with Crippen LogP contribution in [-0.4, -0.2) is 25.5 Å². The number of aryl methyl sites for hydroxylation is 1. The molecular weight excluding hydrogens is 340 g/mol. The summed E-state index contributed by atoms with van der Waals surface area (Å²) in [6.07, 6.45) is 0.178. The maximum Gasteiger partial charge on any atom is 0.226 e. The highest BCUT2D eigenvalue weighted by Gasteiger charge is 2.16. The second-order valence-corrected chi connectivity index (χ2v) is 6.06. The van der Waals surface area contributed by atoms with E-state index in [1.165, 1.54) is 6.92 Å². The Morgan fingerprint density at radius 1 is 1.16 bits per heavy atom. The third-order valence-electron chi connectivity index (χ3n) is 3.78. The highest BCUT2D eigenvalue weighted by Crippen LogP contribution is 2.25. The molecule has 1 N–H and O–H groups in total. The van der Waals surface area contributed by atoms with E-state index in [-0.39, 0.29) is 24.8 Å². The summed E-state index contributed by atoms with van der Waals surface area (Å²) in [5.41, 5.74) is 2.33. The summed E-state index contributed by atoms with van der Waals surface area (Å²) in [6, 6.07) is 12.4. The molecule has 0 aliphatic rings. The quantitative estimate of drug-likeness (QED) is 0.845. The molecule has 5 nitrogen and oxygen atoms in total. The first kappa shape index (κ1) is 18.8. The third-order valence-corrected chi connectivity index (χ3v) is 4.01. The second-order valence-electron chi connectivity index (χ2n) is 5.63. The van der Waals surface area contributed by atoms with Gasteiger partial charge in [-0.15, -0.1) is 0 Å². The van der Waals surface area contributed by atoms with E-state index >= 15 is 0 Å². The second kappa shape index (κ2) is 8.53. The zero-order valence-electron chi connectivity index (χ0n) is 14.5. The number of halogens is 1. The van der Waals surface area contributed by atoms with Gasteiger partial charge in [-0.1, -0.05) is 17.7 Å². The van der Waals surface area contributed by atoms with Crippen molar-refractivity contribution < 1.29 is 14.3 Å². The lowest BCUT2D eigenvalue weighted by atomic mass is 10.1. The molecule has 0 fully saturated rings. The van der Waals surface area contributed by atoms with Crippen molar-refractivity contribution >= 4 is 34.8 Å². The van der Waals surface area contributed by atoms with E-state index in [1.807, 2.05) is 13.0 Å².